The quantitative estimate of drug-likeness (QED) is 0.285. The first-order chi connectivity index (χ1) is 22.8. The molecule has 1 aliphatic heterocycles. The Morgan fingerprint density at radius 3 is 2.40 bits per heavy atom. The molecule has 0 spiro atoms. The highest BCUT2D eigenvalue weighted by Crippen LogP contribution is 2.40. The van der Waals surface area contributed by atoms with E-state index in [1.807, 2.05) is 18.7 Å². The number of aromatic hydroxyl groups is 1. The van der Waals surface area contributed by atoms with Gasteiger partial charge >= 0.3 is 6.18 Å². The number of rotatable bonds is 7. The molecule has 6 rings (SSSR count). The molecule has 1 aliphatic carbocycles. The maximum absolute atomic E-state index is 14.2. The van der Waals surface area contributed by atoms with E-state index in [1.165, 1.54) is 6.33 Å². The molecule has 2 aliphatic rings. The number of nitrogens with one attached hydrogen (secondary N) is 1. The Kier molecular flexibility index (Phi) is 8.75. The summed E-state index contributed by atoms with van der Waals surface area (Å²) >= 11 is 6.11. The van der Waals surface area contributed by atoms with Crippen LogP contribution in [0.5, 0.6) is 5.75 Å². The molecule has 3 aromatic heterocycles. The summed E-state index contributed by atoms with van der Waals surface area (Å²) in [5.74, 6) is -1.14. The Hall–Kier alpha value is -4.79. The molecule has 16 heteroatoms. The minimum absolute atomic E-state index is 0.00211. The second-order valence-electron chi connectivity index (χ2n) is 11.9. The largest absolute Gasteiger partial charge is 0.504 e. The first-order valence-corrected chi connectivity index (χ1v) is 15.8. The lowest BCUT2D eigenvalue weighted by Crippen LogP contribution is -2.50. The van der Waals surface area contributed by atoms with E-state index in [-0.39, 0.29) is 83.1 Å². The molecule has 48 heavy (non-hydrogen) atoms. The number of fused-ring (bicyclic) bond motifs is 1. The number of benzene rings is 1. The Balaban J connectivity index is 1.35. The number of alkyl halides is 3. The van der Waals surface area contributed by atoms with Crippen molar-refractivity contribution < 1.29 is 27.9 Å². The molecular formula is C32H32ClF3N8O4. The topological polar surface area (TPSA) is 146 Å². The SMILES string of the molecule is CCc1c(N2CCN(C(=O)c3ncnc(C)c3O)CC2)c(=O)c2nc(C3CC3)c(C)nc2n1CC(=O)Nc1ccc(C(F)(F)F)cc1Cl. The molecule has 1 saturated heterocycles. The monoisotopic (exact) mass is 684 g/mol. The molecule has 252 valence electrons. The van der Waals surface area contributed by atoms with Crippen LogP contribution in [0.4, 0.5) is 24.5 Å². The second-order valence-corrected chi connectivity index (χ2v) is 12.3. The summed E-state index contributed by atoms with van der Waals surface area (Å²) < 4.78 is 41.1. The minimum Gasteiger partial charge on any atom is -0.504 e. The number of halogens is 4. The van der Waals surface area contributed by atoms with E-state index in [4.69, 9.17) is 21.6 Å². The number of hydrogen-bond acceptors (Lipinski definition) is 9. The van der Waals surface area contributed by atoms with Gasteiger partial charge in [-0.1, -0.05) is 18.5 Å². The molecule has 0 unspecified atom stereocenters. The van der Waals surface area contributed by atoms with Gasteiger partial charge in [-0.15, -0.1) is 0 Å². The summed E-state index contributed by atoms with van der Waals surface area (Å²) in [7, 11) is 0. The van der Waals surface area contributed by atoms with Crippen LogP contribution in [0.25, 0.3) is 11.2 Å². The second kappa shape index (κ2) is 12.7. The molecule has 0 bridgehead atoms. The average Bonchev–Trinajstić information content (AvgIpc) is 3.89. The van der Waals surface area contributed by atoms with Gasteiger partial charge in [-0.3, -0.25) is 14.4 Å². The molecule has 2 N–H and O–H groups in total. The van der Waals surface area contributed by atoms with Crippen LogP contribution in [0.15, 0.2) is 29.3 Å². The minimum atomic E-state index is -4.60. The van der Waals surface area contributed by atoms with Crippen LogP contribution in [0.1, 0.15) is 64.5 Å². The molecular weight excluding hydrogens is 653 g/mol. The predicted octanol–water partition coefficient (Wildman–Crippen LogP) is 4.62. The maximum atomic E-state index is 14.2. The summed E-state index contributed by atoms with van der Waals surface area (Å²) in [6.45, 7) is 5.88. The Morgan fingerprint density at radius 2 is 1.77 bits per heavy atom. The van der Waals surface area contributed by atoms with Crippen LogP contribution in [0.3, 0.4) is 0 Å². The zero-order valence-corrected chi connectivity index (χ0v) is 27.1. The van der Waals surface area contributed by atoms with Crippen molar-refractivity contribution in [3.63, 3.8) is 0 Å². The Bertz CT molecular complexity index is 2010. The Morgan fingerprint density at radius 1 is 1.06 bits per heavy atom. The number of hydrogen-bond donors (Lipinski definition) is 2. The third-order valence-corrected chi connectivity index (χ3v) is 8.95. The van der Waals surface area contributed by atoms with Crippen LogP contribution in [0.2, 0.25) is 5.02 Å². The van der Waals surface area contributed by atoms with Gasteiger partial charge in [0, 0.05) is 37.8 Å². The van der Waals surface area contributed by atoms with Gasteiger partial charge in [-0.2, -0.15) is 13.2 Å². The Labute approximate surface area is 277 Å². The van der Waals surface area contributed by atoms with Crippen LogP contribution in [0, 0.1) is 13.8 Å². The highest BCUT2D eigenvalue weighted by atomic mass is 35.5. The van der Waals surface area contributed by atoms with Crippen molar-refractivity contribution in [3.05, 3.63) is 73.8 Å². The third-order valence-electron chi connectivity index (χ3n) is 8.64. The van der Waals surface area contributed by atoms with Gasteiger partial charge in [-0.25, -0.2) is 19.9 Å². The molecule has 12 nitrogen and oxygen atoms in total. The molecule has 0 radical (unpaired) electrons. The number of pyridine rings is 1. The first-order valence-electron chi connectivity index (χ1n) is 15.4. The molecule has 1 saturated carbocycles. The van der Waals surface area contributed by atoms with Gasteiger partial charge in [0.15, 0.2) is 22.6 Å². The molecule has 2 fully saturated rings. The fourth-order valence-electron chi connectivity index (χ4n) is 5.99. The lowest BCUT2D eigenvalue weighted by atomic mass is 10.1. The van der Waals surface area contributed by atoms with Crippen molar-refractivity contribution in [2.45, 2.75) is 58.7 Å². The normalized spacial score (nSPS) is 15.2. The third kappa shape index (κ3) is 6.25. The number of piperazine rings is 1. The van der Waals surface area contributed by atoms with Crippen molar-refractivity contribution in [1.29, 1.82) is 0 Å². The van der Waals surface area contributed by atoms with Gasteiger partial charge < -0.3 is 24.8 Å². The summed E-state index contributed by atoms with van der Waals surface area (Å²) in [5, 5.41) is 12.7. The maximum Gasteiger partial charge on any atom is 0.416 e. The van der Waals surface area contributed by atoms with E-state index in [0.29, 0.717) is 23.5 Å². The molecule has 4 aromatic rings. The van der Waals surface area contributed by atoms with Crippen LogP contribution in [-0.4, -0.2) is 72.5 Å². The summed E-state index contributed by atoms with van der Waals surface area (Å²) in [6.07, 6.45) is -1.19. The number of aryl methyl sites for hydroxylation is 2. The fraction of sp³-hybridized carbons (Fsp3) is 0.406. The number of carbonyl (C=O) groups excluding carboxylic acids is 2. The van der Waals surface area contributed by atoms with E-state index in [2.05, 4.69) is 15.3 Å². The molecule has 0 atom stereocenters. The zero-order chi connectivity index (χ0) is 34.5. The van der Waals surface area contributed by atoms with E-state index >= 15 is 0 Å². The molecule has 4 heterocycles. The fourth-order valence-corrected chi connectivity index (χ4v) is 6.22. The highest BCUT2D eigenvalue weighted by molar-refractivity contribution is 6.33. The van der Waals surface area contributed by atoms with Gasteiger partial charge in [0.1, 0.15) is 18.6 Å². The predicted molar refractivity (Wildman–Crippen MR) is 172 cm³/mol. The number of nitrogens with zero attached hydrogens (tertiary/aromatic N) is 7. The van der Waals surface area contributed by atoms with Crippen molar-refractivity contribution >= 4 is 46.0 Å². The number of carbonyl (C=O) groups is 2. The number of aromatic nitrogens is 5. The lowest BCUT2D eigenvalue weighted by Gasteiger charge is -2.37. The highest BCUT2D eigenvalue weighted by Gasteiger charge is 2.33. The summed E-state index contributed by atoms with van der Waals surface area (Å²) in [5.41, 5.74) is 1.44. The van der Waals surface area contributed by atoms with E-state index in [1.54, 1.807) is 16.4 Å². The van der Waals surface area contributed by atoms with Crippen LogP contribution in [-0.2, 0) is 23.9 Å². The van der Waals surface area contributed by atoms with Crippen molar-refractivity contribution in [2.24, 2.45) is 0 Å². The van der Waals surface area contributed by atoms with E-state index < -0.39 is 23.6 Å². The van der Waals surface area contributed by atoms with Crippen LogP contribution < -0.4 is 15.6 Å². The van der Waals surface area contributed by atoms with Gasteiger partial charge in [0.2, 0.25) is 11.3 Å². The van der Waals surface area contributed by atoms with Gasteiger partial charge in [0.05, 0.1) is 33.4 Å². The lowest BCUT2D eigenvalue weighted by molar-refractivity contribution is -0.137. The smallest absolute Gasteiger partial charge is 0.416 e. The standard InChI is InChI=1S/C32H32ClF3N8O4/c1-4-22-27(42-9-11-43(12-10-42)31(48)26-28(46)17(3)37-15-38-26)29(47)25-30(39-16(2)24(41-25)18-5-6-18)44(22)14-23(45)40-21-8-7-19(13-20(21)33)32(34,35)36/h7-8,13,15,18,46H,4-6,9-12,14H2,1-3H3,(H,40,45). The van der Waals surface area contributed by atoms with Crippen molar-refractivity contribution in [3.8, 4) is 5.75 Å². The molecule has 2 amide bonds. The van der Waals surface area contributed by atoms with E-state index in [9.17, 15) is 32.7 Å². The van der Waals surface area contributed by atoms with Crippen molar-refractivity contribution in [1.82, 2.24) is 29.4 Å². The summed E-state index contributed by atoms with van der Waals surface area (Å²) in [4.78, 5) is 61.7. The average molecular weight is 685 g/mol. The first kappa shape index (κ1) is 33.1. The summed E-state index contributed by atoms with van der Waals surface area (Å²) in [6, 6.07) is 2.67. The number of amides is 2. The molecule has 1 aromatic carbocycles. The zero-order valence-electron chi connectivity index (χ0n) is 26.4. The van der Waals surface area contributed by atoms with Gasteiger partial charge in [-0.05, 0) is 51.3 Å². The van der Waals surface area contributed by atoms with E-state index in [0.717, 1.165) is 36.7 Å². The van der Waals surface area contributed by atoms with Crippen molar-refractivity contribution in [2.75, 3.05) is 36.4 Å². The van der Waals surface area contributed by atoms with Crippen LogP contribution >= 0.6 is 11.6 Å². The number of anilines is 2. The van der Waals surface area contributed by atoms with Gasteiger partial charge in [0.25, 0.3) is 5.91 Å².